The normalized spacial score (nSPS) is 12.5. The topological polar surface area (TPSA) is 49.6 Å². The van der Waals surface area contributed by atoms with Crippen LogP contribution in [0.25, 0.3) is 0 Å². The van der Waals surface area contributed by atoms with Gasteiger partial charge in [0.2, 0.25) is 5.91 Å². The van der Waals surface area contributed by atoms with Gasteiger partial charge in [0.25, 0.3) is 0 Å². The van der Waals surface area contributed by atoms with Crippen molar-refractivity contribution in [2.45, 2.75) is 19.5 Å². The molecule has 4 nitrogen and oxygen atoms in total. The number of benzene rings is 1. The second-order valence-electron chi connectivity index (χ2n) is 4.94. The Morgan fingerprint density at radius 1 is 1.32 bits per heavy atom. The van der Waals surface area contributed by atoms with Crippen LogP contribution in [0, 0.1) is 5.82 Å². The fraction of sp³-hybridized carbons (Fsp3) is 0.500. The quantitative estimate of drug-likeness (QED) is 0.838. The summed E-state index contributed by atoms with van der Waals surface area (Å²) in [6.45, 7) is 3.14. The number of amides is 1. The van der Waals surface area contributed by atoms with Gasteiger partial charge >= 0.3 is 0 Å². The van der Waals surface area contributed by atoms with E-state index in [1.54, 1.807) is 30.0 Å². The first-order chi connectivity index (χ1) is 8.91. The number of nitrogens with two attached hydrogens (primary N) is 1. The molecule has 0 unspecified atom stereocenters. The molecule has 0 saturated heterocycles. The lowest BCUT2D eigenvalue weighted by Gasteiger charge is -2.26. The molecule has 0 saturated carbocycles. The highest BCUT2D eigenvalue weighted by Crippen LogP contribution is 2.10. The molecule has 1 atom stereocenters. The van der Waals surface area contributed by atoms with Gasteiger partial charge in [0.1, 0.15) is 5.82 Å². The van der Waals surface area contributed by atoms with Crippen molar-refractivity contribution in [2.24, 2.45) is 5.73 Å². The molecule has 0 fully saturated rings. The van der Waals surface area contributed by atoms with Crippen molar-refractivity contribution in [3.63, 3.8) is 0 Å². The molecular formula is C14H22FN3O. The van der Waals surface area contributed by atoms with Crippen LogP contribution in [0.3, 0.4) is 0 Å². The second-order valence-corrected chi connectivity index (χ2v) is 4.94. The van der Waals surface area contributed by atoms with Crippen molar-refractivity contribution in [1.82, 2.24) is 9.80 Å². The number of likely N-dealkylation sites (N-methyl/N-ethyl adjacent to an activating group) is 1. The van der Waals surface area contributed by atoms with Gasteiger partial charge in [0.05, 0.1) is 6.04 Å². The SMILES string of the molecule is C[C@@H](N)C(=O)N(CCN(C)C)Cc1ccccc1F. The van der Waals surface area contributed by atoms with Crippen LogP contribution < -0.4 is 5.73 Å². The third-order valence-corrected chi connectivity index (χ3v) is 2.84. The zero-order valence-electron chi connectivity index (χ0n) is 11.8. The van der Waals surface area contributed by atoms with Crippen LogP contribution >= 0.6 is 0 Å². The molecule has 1 amide bonds. The first-order valence-electron chi connectivity index (χ1n) is 6.34. The Morgan fingerprint density at radius 2 is 1.95 bits per heavy atom. The molecule has 0 aromatic heterocycles. The van der Waals surface area contributed by atoms with E-state index in [9.17, 15) is 9.18 Å². The first-order valence-corrected chi connectivity index (χ1v) is 6.34. The fourth-order valence-electron chi connectivity index (χ4n) is 1.71. The minimum atomic E-state index is -0.575. The van der Waals surface area contributed by atoms with E-state index in [1.165, 1.54) is 6.07 Å². The molecule has 1 aromatic rings. The molecule has 0 heterocycles. The Balaban J connectivity index is 2.79. The number of halogens is 1. The average Bonchev–Trinajstić information content (AvgIpc) is 2.35. The zero-order valence-corrected chi connectivity index (χ0v) is 11.8. The Kier molecular flexibility index (Phi) is 5.92. The maximum Gasteiger partial charge on any atom is 0.239 e. The predicted octanol–water partition coefficient (Wildman–Crippen LogP) is 1.06. The summed E-state index contributed by atoms with van der Waals surface area (Å²) in [5.41, 5.74) is 6.15. The molecule has 0 aliphatic rings. The van der Waals surface area contributed by atoms with E-state index in [2.05, 4.69) is 0 Å². The van der Waals surface area contributed by atoms with E-state index in [0.717, 1.165) is 0 Å². The largest absolute Gasteiger partial charge is 0.336 e. The van der Waals surface area contributed by atoms with E-state index in [-0.39, 0.29) is 18.3 Å². The number of hydrogen-bond acceptors (Lipinski definition) is 3. The molecule has 0 spiro atoms. The summed E-state index contributed by atoms with van der Waals surface area (Å²) >= 11 is 0. The Morgan fingerprint density at radius 3 is 2.47 bits per heavy atom. The molecule has 19 heavy (non-hydrogen) atoms. The molecule has 0 aliphatic carbocycles. The van der Waals surface area contributed by atoms with Gasteiger partial charge in [0.15, 0.2) is 0 Å². The number of hydrogen-bond donors (Lipinski definition) is 1. The van der Waals surface area contributed by atoms with E-state index in [1.807, 2.05) is 19.0 Å². The van der Waals surface area contributed by atoms with Crippen molar-refractivity contribution in [2.75, 3.05) is 27.2 Å². The smallest absolute Gasteiger partial charge is 0.239 e. The van der Waals surface area contributed by atoms with Gasteiger partial charge < -0.3 is 15.5 Å². The van der Waals surface area contributed by atoms with Crippen LogP contribution in [0.1, 0.15) is 12.5 Å². The molecule has 0 aliphatic heterocycles. The highest BCUT2D eigenvalue weighted by molar-refractivity contribution is 5.81. The number of nitrogens with zero attached hydrogens (tertiary/aromatic N) is 2. The first kappa shape index (κ1) is 15.6. The van der Waals surface area contributed by atoms with Crippen molar-refractivity contribution in [3.05, 3.63) is 35.6 Å². The standard InChI is InChI=1S/C14H22FN3O/c1-11(16)14(19)18(9-8-17(2)3)10-12-6-4-5-7-13(12)15/h4-7,11H,8-10,16H2,1-3H3/t11-/m1/s1. The highest BCUT2D eigenvalue weighted by atomic mass is 19.1. The predicted molar refractivity (Wildman–Crippen MR) is 74.0 cm³/mol. The lowest BCUT2D eigenvalue weighted by molar-refractivity contribution is -0.133. The van der Waals surface area contributed by atoms with E-state index >= 15 is 0 Å². The van der Waals surface area contributed by atoms with Crippen LogP contribution in [-0.4, -0.2) is 48.9 Å². The summed E-state index contributed by atoms with van der Waals surface area (Å²) in [7, 11) is 3.86. The number of carbonyl (C=O) groups excluding carboxylic acids is 1. The maximum absolute atomic E-state index is 13.6. The lowest BCUT2D eigenvalue weighted by Crippen LogP contribution is -2.44. The monoisotopic (exact) mass is 267 g/mol. The Bertz CT molecular complexity index is 421. The van der Waals surface area contributed by atoms with E-state index in [0.29, 0.717) is 18.7 Å². The summed E-state index contributed by atoms with van der Waals surface area (Å²) in [6, 6.07) is 5.91. The molecular weight excluding hydrogens is 245 g/mol. The number of carbonyl (C=O) groups is 1. The van der Waals surface area contributed by atoms with Crippen LogP contribution in [0.5, 0.6) is 0 Å². The van der Waals surface area contributed by atoms with Gasteiger partial charge in [-0.15, -0.1) is 0 Å². The van der Waals surface area contributed by atoms with Gasteiger partial charge in [-0.1, -0.05) is 18.2 Å². The lowest BCUT2D eigenvalue weighted by atomic mass is 10.2. The maximum atomic E-state index is 13.6. The summed E-state index contributed by atoms with van der Waals surface area (Å²) < 4.78 is 13.6. The number of rotatable bonds is 6. The molecule has 106 valence electrons. The van der Waals surface area contributed by atoms with Crippen molar-refractivity contribution in [3.8, 4) is 0 Å². The van der Waals surface area contributed by atoms with Crippen molar-refractivity contribution >= 4 is 5.91 Å². The molecule has 0 bridgehead atoms. The van der Waals surface area contributed by atoms with Crippen LogP contribution in [0.15, 0.2) is 24.3 Å². The average molecular weight is 267 g/mol. The summed E-state index contributed by atoms with van der Waals surface area (Å²) in [5, 5.41) is 0. The molecule has 2 N–H and O–H groups in total. The fourth-order valence-corrected chi connectivity index (χ4v) is 1.71. The van der Waals surface area contributed by atoms with Gasteiger partial charge in [0, 0.05) is 25.2 Å². The van der Waals surface area contributed by atoms with Gasteiger partial charge in [-0.25, -0.2) is 4.39 Å². The van der Waals surface area contributed by atoms with Crippen molar-refractivity contribution in [1.29, 1.82) is 0 Å². The van der Waals surface area contributed by atoms with Gasteiger partial charge in [-0.3, -0.25) is 4.79 Å². The Hall–Kier alpha value is -1.46. The van der Waals surface area contributed by atoms with Crippen LogP contribution in [-0.2, 0) is 11.3 Å². The summed E-state index contributed by atoms with van der Waals surface area (Å²) in [6.07, 6.45) is 0. The second kappa shape index (κ2) is 7.21. The minimum Gasteiger partial charge on any atom is -0.336 e. The zero-order chi connectivity index (χ0) is 14.4. The van der Waals surface area contributed by atoms with Gasteiger partial charge in [-0.05, 0) is 27.1 Å². The van der Waals surface area contributed by atoms with E-state index < -0.39 is 6.04 Å². The molecule has 1 aromatic carbocycles. The third-order valence-electron chi connectivity index (χ3n) is 2.84. The van der Waals surface area contributed by atoms with Crippen molar-refractivity contribution < 1.29 is 9.18 Å². The summed E-state index contributed by atoms with van der Waals surface area (Å²) in [4.78, 5) is 15.6. The minimum absolute atomic E-state index is 0.162. The van der Waals surface area contributed by atoms with Gasteiger partial charge in [-0.2, -0.15) is 0 Å². The highest BCUT2D eigenvalue weighted by Gasteiger charge is 2.18. The van der Waals surface area contributed by atoms with E-state index in [4.69, 9.17) is 5.73 Å². The summed E-state index contributed by atoms with van der Waals surface area (Å²) in [5.74, 6) is -0.458. The third kappa shape index (κ3) is 4.96. The van der Waals surface area contributed by atoms with Crippen LogP contribution in [0.4, 0.5) is 4.39 Å². The molecule has 5 heteroatoms. The van der Waals surface area contributed by atoms with Crippen LogP contribution in [0.2, 0.25) is 0 Å². The Labute approximate surface area is 114 Å². The molecule has 1 rings (SSSR count). The molecule has 0 radical (unpaired) electrons.